The second-order valence-electron chi connectivity index (χ2n) is 6.45. The minimum Gasteiger partial charge on any atom is -0.490 e. The number of benzene rings is 2. The van der Waals surface area contributed by atoms with Crippen LogP contribution in [-0.4, -0.2) is 22.9 Å². The van der Waals surface area contributed by atoms with E-state index in [0.29, 0.717) is 32.4 Å². The van der Waals surface area contributed by atoms with Gasteiger partial charge in [-0.2, -0.15) is 0 Å². The average Bonchev–Trinajstić information content (AvgIpc) is 2.98. The number of anilines is 1. The Balaban J connectivity index is 1.94. The lowest BCUT2D eigenvalue weighted by Gasteiger charge is -2.18. The highest BCUT2D eigenvalue weighted by atomic mass is 35.5. The number of amides is 1. The number of thioether (sulfide) groups is 1. The normalized spacial score (nSPS) is 16.4. The number of carbonyl (C=O) groups is 1. The summed E-state index contributed by atoms with van der Waals surface area (Å²) in [6, 6.07) is 13.0. The fourth-order valence-electron chi connectivity index (χ4n) is 2.75. The summed E-state index contributed by atoms with van der Waals surface area (Å²) in [6.07, 6.45) is 2.65. The predicted molar refractivity (Wildman–Crippen MR) is 125 cm³/mol. The maximum absolute atomic E-state index is 12.9. The minimum absolute atomic E-state index is 0.0136. The third kappa shape index (κ3) is 4.94. The molecule has 0 spiro atoms. The molecule has 1 amide bonds. The standard InChI is InChI=1S/C22H22ClNO3S2/c1-4-14(3)27-20-17(23)11-15(12-18(20)26-5-2)13-19-21(25)24(22(28)29-19)16-9-7-6-8-10-16/h6-14H,4-5H2,1-3H3/b19-13+/t14-/m1/s1. The van der Waals surface area contributed by atoms with E-state index in [1.807, 2.05) is 57.2 Å². The van der Waals surface area contributed by atoms with E-state index in [0.717, 1.165) is 17.7 Å². The molecule has 0 N–H and O–H groups in total. The third-order valence-corrected chi connectivity index (χ3v) is 5.91. The van der Waals surface area contributed by atoms with Gasteiger partial charge in [0.25, 0.3) is 5.91 Å². The van der Waals surface area contributed by atoms with Crippen molar-refractivity contribution in [2.75, 3.05) is 11.5 Å². The van der Waals surface area contributed by atoms with Gasteiger partial charge in [-0.25, -0.2) is 0 Å². The molecule has 0 aliphatic carbocycles. The fraction of sp³-hybridized carbons (Fsp3) is 0.273. The summed E-state index contributed by atoms with van der Waals surface area (Å²) in [5, 5.41) is 0.445. The van der Waals surface area contributed by atoms with Crippen LogP contribution in [0.4, 0.5) is 5.69 Å². The Labute approximate surface area is 185 Å². The highest BCUT2D eigenvalue weighted by molar-refractivity contribution is 8.27. The molecule has 0 bridgehead atoms. The number of ether oxygens (including phenoxy) is 2. The van der Waals surface area contributed by atoms with Crippen molar-refractivity contribution in [1.29, 1.82) is 0 Å². The molecule has 0 radical (unpaired) electrons. The van der Waals surface area contributed by atoms with Crippen LogP contribution in [0, 0.1) is 0 Å². The Kier molecular flexibility index (Phi) is 7.22. The monoisotopic (exact) mass is 447 g/mol. The summed E-state index contributed by atoms with van der Waals surface area (Å²) < 4.78 is 12.2. The Morgan fingerprint density at radius 1 is 1.24 bits per heavy atom. The van der Waals surface area contributed by atoms with Gasteiger partial charge in [-0.15, -0.1) is 0 Å². The summed E-state index contributed by atoms with van der Waals surface area (Å²) in [5.74, 6) is 0.933. The quantitative estimate of drug-likeness (QED) is 0.366. The first-order valence-corrected chi connectivity index (χ1v) is 11.0. The number of nitrogens with zero attached hydrogens (tertiary/aromatic N) is 1. The van der Waals surface area contributed by atoms with E-state index in [2.05, 4.69) is 0 Å². The summed E-state index contributed by atoms with van der Waals surface area (Å²) in [6.45, 7) is 6.41. The van der Waals surface area contributed by atoms with Crippen LogP contribution >= 0.6 is 35.6 Å². The van der Waals surface area contributed by atoms with Gasteiger partial charge in [-0.3, -0.25) is 9.69 Å². The molecule has 1 aliphatic rings. The van der Waals surface area contributed by atoms with Crippen molar-refractivity contribution in [2.45, 2.75) is 33.3 Å². The van der Waals surface area contributed by atoms with Gasteiger partial charge in [0.1, 0.15) is 0 Å². The number of carbonyl (C=O) groups excluding carboxylic acids is 1. The molecular weight excluding hydrogens is 426 g/mol. The van der Waals surface area contributed by atoms with Crippen LogP contribution in [0.15, 0.2) is 47.4 Å². The van der Waals surface area contributed by atoms with E-state index in [-0.39, 0.29) is 12.0 Å². The molecule has 2 aromatic rings. The molecule has 29 heavy (non-hydrogen) atoms. The summed E-state index contributed by atoms with van der Waals surface area (Å²) in [4.78, 5) is 15.0. The van der Waals surface area contributed by atoms with Crippen LogP contribution in [0.3, 0.4) is 0 Å². The van der Waals surface area contributed by atoms with Crippen LogP contribution in [0.5, 0.6) is 11.5 Å². The molecule has 3 rings (SSSR count). The highest BCUT2D eigenvalue weighted by Crippen LogP contribution is 2.40. The van der Waals surface area contributed by atoms with Gasteiger partial charge in [-0.1, -0.05) is 60.7 Å². The number of halogens is 1. The molecule has 1 aliphatic heterocycles. The fourth-order valence-corrected chi connectivity index (χ4v) is 4.31. The number of hydrogen-bond donors (Lipinski definition) is 0. The number of thiocarbonyl (C=S) groups is 1. The van der Waals surface area contributed by atoms with Crippen LogP contribution in [-0.2, 0) is 4.79 Å². The lowest BCUT2D eigenvalue weighted by Crippen LogP contribution is -2.27. The molecule has 0 saturated carbocycles. The van der Waals surface area contributed by atoms with Gasteiger partial charge in [-0.05, 0) is 56.2 Å². The topological polar surface area (TPSA) is 38.8 Å². The van der Waals surface area contributed by atoms with E-state index in [1.54, 1.807) is 12.1 Å². The summed E-state index contributed by atoms with van der Waals surface area (Å²) in [5.41, 5.74) is 1.51. The van der Waals surface area contributed by atoms with Crippen molar-refractivity contribution < 1.29 is 14.3 Å². The zero-order valence-electron chi connectivity index (χ0n) is 16.5. The Morgan fingerprint density at radius 3 is 2.62 bits per heavy atom. The van der Waals surface area contributed by atoms with Crippen molar-refractivity contribution in [2.24, 2.45) is 0 Å². The summed E-state index contributed by atoms with van der Waals surface area (Å²) >= 11 is 13.2. The first-order chi connectivity index (χ1) is 13.9. The Morgan fingerprint density at radius 2 is 1.97 bits per heavy atom. The van der Waals surface area contributed by atoms with E-state index in [1.165, 1.54) is 16.7 Å². The molecule has 0 aromatic heterocycles. The van der Waals surface area contributed by atoms with Crippen LogP contribution < -0.4 is 14.4 Å². The van der Waals surface area contributed by atoms with Gasteiger partial charge in [0, 0.05) is 0 Å². The van der Waals surface area contributed by atoms with Gasteiger partial charge in [0.15, 0.2) is 15.8 Å². The zero-order valence-corrected chi connectivity index (χ0v) is 18.9. The van der Waals surface area contributed by atoms with Crippen LogP contribution in [0.25, 0.3) is 6.08 Å². The minimum atomic E-state index is -0.153. The highest BCUT2D eigenvalue weighted by Gasteiger charge is 2.33. The second kappa shape index (κ2) is 9.65. The number of rotatable bonds is 7. The average molecular weight is 448 g/mol. The van der Waals surface area contributed by atoms with Gasteiger partial charge >= 0.3 is 0 Å². The molecule has 1 saturated heterocycles. The predicted octanol–water partition coefficient (Wildman–Crippen LogP) is 6.32. The molecule has 1 atom stereocenters. The first kappa shape index (κ1) is 21.7. The van der Waals surface area contributed by atoms with E-state index in [9.17, 15) is 4.79 Å². The van der Waals surface area contributed by atoms with Gasteiger partial charge < -0.3 is 9.47 Å². The molecule has 2 aromatic carbocycles. The third-order valence-electron chi connectivity index (χ3n) is 4.33. The summed E-state index contributed by atoms with van der Waals surface area (Å²) in [7, 11) is 0. The van der Waals surface area contributed by atoms with E-state index < -0.39 is 0 Å². The maximum Gasteiger partial charge on any atom is 0.270 e. The van der Waals surface area contributed by atoms with Crippen molar-refractivity contribution >= 4 is 57.6 Å². The van der Waals surface area contributed by atoms with Crippen molar-refractivity contribution in [3.8, 4) is 11.5 Å². The molecule has 4 nitrogen and oxygen atoms in total. The molecule has 152 valence electrons. The first-order valence-electron chi connectivity index (χ1n) is 9.40. The van der Waals surface area contributed by atoms with Crippen LogP contribution in [0.1, 0.15) is 32.8 Å². The van der Waals surface area contributed by atoms with Crippen molar-refractivity contribution in [3.05, 3.63) is 58.0 Å². The molecule has 1 fully saturated rings. The zero-order chi connectivity index (χ0) is 21.0. The van der Waals surface area contributed by atoms with Crippen molar-refractivity contribution in [3.63, 3.8) is 0 Å². The van der Waals surface area contributed by atoms with Crippen LogP contribution in [0.2, 0.25) is 5.02 Å². The lowest BCUT2D eigenvalue weighted by atomic mass is 10.1. The molecule has 0 unspecified atom stereocenters. The lowest BCUT2D eigenvalue weighted by molar-refractivity contribution is -0.113. The maximum atomic E-state index is 12.9. The van der Waals surface area contributed by atoms with E-state index >= 15 is 0 Å². The van der Waals surface area contributed by atoms with Gasteiger partial charge in [0.2, 0.25) is 0 Å². The van der Waals surface area contributed by atoms with Crippen molar-refractivity contribution in [1.82, 2.24) is 0 Å². The molecule has 7 heteroatoms. The largest absolute Gasteiger partial charge is 0.490 e. The Hall–Kier alpha value is -2.02. The molecular formula is C22H22ClNO3S2. The Bertz CT molecular complexity index is 947. The SMILES string of the molecule is CCOc1cc(/C=C2/SC(=S)N(c3ccccc3)C2=O)cc(Cl)c1O[C@H](C)CC. The number of hydrogen-bond acceptors (Lipinski definition) is 5. The van der Waals surface area contributed by atoms with E-state index in [4.69, 9.17) is 33.3 Å². The van der Waals surface area contributed by atoms with Gasteiger partial charge in [0.05, 0.1) is 28.3 Å². The molecule has 1 heterocycles. The number of para-hydroxylation sites is 1. The smallest absolute Gasteiger partial charge is 0.270 e. The second-order valence-corrected chi connectivity index (χ2v) is 8.54.